The monoisotopic (exact) mass is 259 g/mol. The van der Waals surface area contributed by atoms with E-state index < -0.39 is 5.82 Å². The van der Waals surface area contributed by atoms with Gasteiger partial charge in [-0.3, -0.25) is 0 Å². The van der Waals surface area contributed by atoms with Gasteiger partial charge in [0, 0.05) is 12.1 Å². The van der Waals surface area contributed by atoms with Crippen LogP contribution in [-0.2, 0) is 13.0 Å². The Balaban J connectivity index is 1.84. The van der Waals surface area contributed by atoms with Crippen molar-refractivity contribution >= 4 is 0 Å². The standard InChI is InChI=1S/C16H18FNO/c1-12-5-2-3-6-13(12)9-10-18-11-14-7-4-8-15(17)16(14)19/h2-8,18-19H,9-11H2,1H3. The van der Waals surface area contributed by atoms with Crippen LogP contribution in [0.3, 0.4) is 0 Å². The van der Waals surface area contributed by atoms with Gasteiger partial charge in [-0.25, -0.2) is 4.39 Å². The molecule has 0 fully saturated rings. The maximum absolute atomic E-state index is 13.1. The molecule has 3 heteroatoms. The van der Waals surface area contributed by atoms with Crippen molar-refractivity contribution in [3.8, 4) is 5.75 Å². The van der Waals surface area contributed by atoms with Crippen molar-refractivity contribution < 1.29 is 9.50 Å². The molecule has 19 heavy (non-hydrogen) atoms. The Morgan fingerprint density at radius 2 is 1.79 bits per heavy atom. The molecule has 0 saturated carbocycles. The maximum atomic E-state index is 13.1. The van der Waals surface area contributed by atoms with Gasteiger partial charge in [0.1, 0.15) is 0 Å². The smallest absolute Gasteiger partial charge is 0.165 e. The van der Waals surface area contributed by atoms with Crippen LogP contribution in [0.2, 0.25) is 0 Å². The Kier molecular flexibility index (Phi) is 4.53. The molecular weight excluding hydrogens is 241 g/mol. The largest absolute Gasteiger partial charge is 0.505 e. The molecule has 0 saturated heterocycles. The second-order valence-corrected chi connectivity index (χ2v) is 4.60. The summed E-state index contributed by atoms with van der Waals surface area (Å²) in [5.74, 6) is -0.830. The molecule has 2 N–H and O–H groups in total. The molecule has 0 heterocycles. The number of hydrogen-bond donors (Lipinski definition) is 2. The van der Waals surface area contributed by atoms with Crippen molar-refractivity contribution in [2.75, 3.05) is 6.54 Å². The third-order valence-electron chi connectivity index (χ3n) is 3.22. The summed E-state index contributed by atoms with van der Waals surface area (Å²) in [6, 6.07) is 12.8. The first-order valence-corrected chi connectivity index (χ1v) is 6.40. The number of aromatic hydroxyl groups is 1. The molecule has 100 valence electrons. The molecule has 0 unspecified atom stereocenters. The minimum Gasteiger partial charge on any atom is -0.505 e. The number of halogens is 1. The zero-order valence-corrected chi connectivity index (χ0v) is 11.0. The lowest BCUT2D eigenvalue weighted by Crippen LogP contribution is -2.17. The molecule has 2 nitrogen and oxygen atoms in total. The van der Waals surface area contributed by atoms with Crippen LogP contribution in [0.1, 0.15) is 16.7 Å². The van der Waals surface area contributed by atoms with Crippen LogP contribution in [0.15, 0.2) is 42.5 Å². The molecule has 0 aliphatic rings. The summed E-state index contributed by atoms with van der Waals surface area (Å²) < 4.78 is 13.1. The van der Waals surface area contributed by atoms with Gasteiger partial charge in [-0.05, 0) is 37.1 Å². The predicted octanol–water partition coefficient (Wildman–Crippen LogP) is 3.17. The number of phenols is 1. The number of hydrogen-bond acceptors (Lipinski definition) is 2. The second-order valence-electron chi connectivity index (χ2n) is 4.60. The Hall–Kier alpha value is -1.87. The van der Waals surface area contributed by atoms with E-state index in [2.05, 4.69) is 24.4 Å². The highest BCUT2D eigenvalue weighted by Crippen LogP contribution is 2.20. The van der Waals surface area contributed by atoms with Gasteiger partial charge in [-0.15, -0.1) is 0 Å². The average Bonchev–Trinajstić information content (AvgIpc) is 2.41. The highest BCUT2D eigenvalue weighted by Gasteiger charge is 2.05. The molecule has 0 aliphatic heterocycles. The van der Waals surface area contributed by atoms with E-state index in [4.69, 9.17) is 0 Å². The molecule has 2 aromatic rings. The minimum atomic E-state index is -0.571. The Labute approximate surface area is 112 Å². The third kappa shape index (κ3) is 3.55. The summed E-state index contributed by atoms with van der Waals surface area (Å²) in [7, 11) is 0. The SMILES string of the molecule is Cc1ccccc1CCNCc1cccc(F)c1O. The lowest BCUT2D eigenvalue weighted by molar-refractivity contribution is 0.423. The zero-order valence-electron chi connectivity index (χ0n) is 11.0. The molecule has 0 radical (unpaired) electrons. The van der Waals surface area contributed by atoms with Gasteiger partial charge in [0.25, 0.3) is 0 Å². The Morgan fingerprint density at radius 3 is 2.58 bits per heavy atom. The van der Waals surface area contributed by atoms with Crippen molar-refractivity contribution in [3.05, 3.63) is 65.0 Å². The Bertz CT molecular complexity index is 554. The topological polar surface area (TPSA) is 32.3 Å². The number of para-hydroxylation sites is 1. The van der Waals surface area contributed by atoms with Crippen LogP contribution < -0.4 is 5.32 Å². The van der Waals surface area contributed by atoms with Gasteiger partial charge in [-0.2, -0.15) is 0 Å². The van der Waals surface area contributed by atoms with Crippen LogP contribution in [-0.4, -0.2) is 11.7 Å². The van der Waals surface area contributed by atoms with Crippen molar-refractivity contribution in [1.29, 1.82) is 0 Å². The normalized spacial score (nSPS) is 10.6. The molecule has 0 aliphatic carbocycles. The fraction of sp³-hybridized carbons (Fsp3) is 0.250. The highest BCUT2D eigenvalue weighted by atomic mass is 19.1. The van der Waals surface area contributed by atoms with Crippen molar-refractivity contribution in [2.45, 2.75) is 19.9 Å². The van der Waals surface area contributed by atoms with Crippen LogP contribution in [0.4, 0.5) is 4.39 Å². The summed E-state index contributed by atoms with van der Waals surface area (Å²) >= 11 is 0. The first-order chi connectivity index (χ1) is 9.18. The molecule has 0 amide bonds. The van der Waals surface area contributed by atoms with Crippen LogP contribution in [0, 0.1) is 12.7 Å². The van der Waals surface area contributed by atoms with E-state index in [-0.39, 0.29) is 5.75 Å². The first-order valence-electron chi connectivity index (χ1n) is 6.40. The van der Waals surface area contributed by atoms with E-state index in [1.54, 1.807) is 12.1 Å². The van der Waals surface area contributed by atoms with E-state index in [0.717, 1.165) is 13.0 Å². The number of benzene rings is 2. The third-order valence-corrected chi connectivity index (χ3v) is 3.22. The molecule has 0 spiro atoms. The number of aryl methyl sites for hydroxylation is 1. The summed E-state index contributed by atoms with van der Waals surface area (Å²) in [4.78, 5) is 0. The van der Waals surface area contributed by atoms with Gasteiger partial charge >= 0.3 is 0 Å². The lowest BCUT2D eigenvalue weighted by atomic mass is 10.1. The van der Waals surface area contributed by atoms with Gasteiger partial charge in [0.2, 0.25) is 0 Å². The van der Waals surface area contributed by atoms with Gasteiger partial charge in [-0.1, -0.05) is 36.4 Å². The second kappa shape index (κ2) is 6.34. The van der Waals surface area contributed by atoms with Crippen LogP contribution in [0.5, 0.6) is 5.75 Å². The summed E-state index contributed by atoms with van der Waals surface area (Å²) in [6.45, 7) is 3.35. The Morgan fingerprint density at radius 1 is 1.05 bits per heavy atom. The summed E-state index contributed by atoms with van der Waals surface area (Å²) in [6.07, 6.45) is 0.919. The molecule has 2 rings (SSSR count). The predicted molar refractivity (Wildman–Crippen MR) is 74.7 cm³/mol. The van der Waals surface area contributed by atoms with Gasteiger partial charge < -0.3 is 10.4 Å². The molecule has 0 bridgehead atoms. The van der Waals surface area contributed by atoms with Gasteiger partial charge in [0.15, 0.2) is 11.6 Å². The molecule has 0 atom stereocenters. The summed E-state index contributed by atoms with van der Waals surface area (Å²) in [5, 5.41) is 12.8. The van der Waals surface area contributed by atoms with Crippen molar-refractivity contribution in [1.82, 2.24) is 5.32 Å². The number of nitrogens with one attached hydrogen (secondary N) is 1. The van der Waals surface area contributed by atoms with E-state index in [1.165, 1.54) is 17.2 Å². The van der Waals surface area contributed by atoms with E-state index >= 15 is 0 Å². The van der Waals surface area contributed by atoms with Crippen molar-refractivity contribution in [3.63, 3.8) is 0 Å². The van der Waals surface area contributed by atoms with Crippen molar-refractivity contribution in [2.24, 2.45) is 0 Å². The lowest BCUT2D eigenvalue weighted by Gasteiger charge is -2.08. The van der Waals surface area contributed by atoms with E-state index in [9.17, 15) is 9.50 Å². The number of phenolic OH excluding ortho intramolecular Hbond substituents is 1. The van der Waals surface area contributed by atoms with Crippen LogP contribution >= 0.6 is 0 Å². The molecular formula is C16H18FNO. The molecule has 2 aromatic carbocycles. The maximum Gasteiger partial charge on any atom is 0.165 e. The zero-order chi connectivity index (χ0) is 13.7. The van der Waals surface area contributed by atoms with E-state index in [0.29, 0.717) is 12.1 Å². The fourth-order valence-corrected chi connectivity index (χ4v) is 2.04. The molecule has 0 aromatic heterocycles. The fourth-order valence-electron chi connectivity index (χ4n) is 2.04. The summed E-state index contributed by atoms with van der Waals surface area (Å²) in [5.41, 5.74) is 3.17. The quantitative estimate of drug-likeness (QED) is 0.808. The van der Waals surface area contributed by atoms with Crippen LogP contribution in [0.25, 0.3) is 0 Å². The average molecular weight is 259 g/mol. The van der Waals surface area contributed by atoms with E-state index in [1.807, 2.05) is 12.1 Å². The number of rotatable bonds is 5. The minimum absolute atomic E-state index is 0.258. The first kappa shape index (κ1) is 13.6. The highest BCUT2D eigenvalue weighted by molar-refractivity contribution is 5.33. The van der Waals surface area contributed by atoms with Gasteiger partial charge in [0.05, 0.1) is 0 Å².